The summed E-state index contributed by atoms with van der Waals surface area (Å²) in [5.41, 5.74) is 4.03. The van der Waals surface area contributed by atoms with E-state index in [4.69, 9.17) is 23.8 Å². The van der Waals surface area contributed by atoms with Gasteiger partial charge in [-0.3, -0.25) is 19.7 Å². The Bertz CT molecular complexity index is 1940. The molecule has 4 N–H and O–H groups in total. The summed E-state index contributed by atoms with van der Waals surface area (Å²) in [6.45, 7) is 15.3. The molecule has 0 radical (unpaired) electrons. The Labute approximate surface area is 344 Å². The van der Waals surface area contributed by atoms with Crippen LogP contribution in [0.2, 0.25) is 0 Å². The lowest BCUT2D eigenvalue weighted by molar-refractivity contribution is -0.161. The second-order valence-electron chi connectivity index (χ2n) is 15.2. The minimum atomic E-state index is -1.08. The van der Waals surface area contributed by atoms with E-state index in [1.54, 1.807) is 25.7 Å². The molecule has 314 valence electrons. The van der Waals surface area contributed by atoms with Gasteiger partial charge >= 0.3 is 12.1 Å². The molecule has 0 saturated carbocycles. The molecule has 1 atom stereocenters. The number of aromatic nitrogens is 1. The monoisotopic (exact) mass is 820 g/mol. The molecule has 1 heterocycles. The fourth-order valence-corrected chi connectivity index (χ4v) is 6.54. The Hall–Kier alpha value is -5.29. The van der Waals surface area contributed by atoms with Crippen LogP contribution in [0.15, 0.2) is 72.8 Å². The van der Waals surface area contributed by atoms with E-state index in [2.05, 4.69) is 26.4 Å². The molecule has 58 heavy (non-hydrogen) atoms. The first-order valence-electron chi connectivity index (χ1n) is 19.2. The second kappa shape index (κ2) is 21.5. The summed E-state index contributed by atoms with van der Waals surface area (Å²) >= 11 is 1.27. The van der Waals surface area contributed by atoms with Crippen LogP contribution < -0.4 is 26.2 Å². The van der Waals surface area contributed by atoms with Gasteiger partial charge in [0.25, 0.3) is 0 Å². The van der Waals surface area contributed by atoms with Gasteiger partial charge in [0.15, 0.2) is 18.0 Å². The van der Waals surface area contributed by atoms with E-state index >= 15 is 0 Å². The van der Waals surface area contributed by atoms with Gasteiger partial charge in [-0.05, 0) is 90.3 Å². The number of hydrogen-bond donors (Lipinski definition) is 4. The number of fused-ring (bicyclic) bond motifs is 1. The molecule has 0 aliphatic rings. The maximum Gasteiger partial charge on any atom is 0.413 e. The lowest BCUT2D eigenvalue weighted by atomic mass is 10.0. The molecule has 16 heteroatoms. The molecule has 0 spiro atoms. The van der Waals surface area contributed by atoms with Crippen LogP contribution >= 0.6 is 11.3 Å². The van der Waals surface area contributed by atoms with Gasteiger partial charge < -0.3 is 34.5 Å². The standard InChI is InChI=1S/C42H56N6O9S/c1-9-53-35(54-10-2)26-48(25-30-17-14-18-33-36(30)45-39(58-33)46-40(52)57-42(6,7)8)37(50)32(23-28-19-21-31(22-20-28)56-41(3,4)5)44-34(49)27-55-47-38(51)43-24-29-15-12-11-13-16-29/h11-22,32,35H,9-10,23-27H2,1-8H3,(H,44,49)(H2,43,47,51)(H,45,46,52)/t32-/m0/s1. The predicted molar refractivity (Wildman–Crippen MR) is 222 cm³/mol. The lowest BCUT2D eigenvalue weighted by Gasteiger charge is -2.31. The van der Waals surface area contributed by atoms with Crippen LogP contribution in [0.1, 0.15) is 72.1 Å². The van der Waals surface area contributed by atoms with Crippen molar-refractivity contribution in [1.29, 1.82) is 0 Å². The van der Waals surface area contributed by atoms with Crippen molar-refractivity contribution in [3.63, 3.8) is 0 Å². The summed E-state index contributed by atoms with van der Waals surface area (Å²) in [6.07, 6.45) is -1.30. The Morgan fingerprint density at radius 3 is 2.16 bits per heavy atom. The first-order chi connectivity index (χ1) is 27.5. The van der Waals surface area contributed by atoms with E-state index in [9.17, 15) is 19.2 Å². The number of anilines is 1. The summed E-state index contributed by atoms with van der Waals surface area (Å²) in [7, 11) is 0. The third-order valence-corrected chi connectivity index (χ3v) is 8.88. The number of thiazole rings is 1. The number of ether oxygens (including phenoxy) is 4. The molecule has 15 nitrogen and oxygen atoms in total. The van der Waals surface area contributed by atoms with Crippen LogP contribution in [0.4, 0.5) is 14.7 Å². The van der Waals surface area contributed by atoms with Gasteiger partial charge in [-0.1, -0.05) is 65.9 Å². The van der Waals surface area contributed by atoms with E-state index in [0.29, 0.717) is 35.2 Å². The third-order valence-electron chi connectivity index (χ3n) is 7.94. The van der Waals surface area contributed by atoms with Gasteiger partial charge in [0.1, 0.15) is 23.0 Å². The topological polar surface area (TPSA) is 179 Å². The first-order valence-corrected chi connectivity index (χ1v) is 20.0. The highest BCUT2D eigenvalue weighted by atomic mass is 32.1. The van der Waals surface area contributed by atoms with Crippen molar-refractivity contribution in [3.05, 3.63) is 89.5 Å². The first kappa shape index (κ1) is 45.4. The second-order valence-corrected chi connectivity index (χ2v) is 16.2. The van der Waals surface area contributed by atoms with Crippen LogP contribution in [0.5, 0.6) is 5.75 Å². The number of carbonyl (C=O) groups is 4. The van der Waals surface area contributed by atoms with Gasteiger partial charge in [0.05, 0.1) is 16.8 Å². The highest BCUT2D eigenvalue weighted by Gasteiger charge is 2.30. The molecule has 5 amide bonds. The summed E-state index contributed by atoms with van der Waals surface area (Å²) in [5, 5.41) is 8.52. The molecule has 3 aromatic carbocycles. The molecule has 0 aliphatic carbocycles. The summed E-state index contributed by atoms with van der Waals surface area (Å²) < 4.78 is 23.9. The SMILES string of the molecule is CCOC(CN(Cc1cccc2sc(NC(=O)OC(C)(C)C)nc12)C(=O)[C@H](Cc1ccc(OC(C)(C)C)cc1)NC(=O)CONC(=O)NCc1ccccc1)OCC. The minimum absolute atomic E-state index is 0.0222. The zero-order valence-electron chi connectivity index (χ0n) is 34.5. The largest absolute Gasteiger partial charge is 0.488 e. The van der Waals surface area contributed by atoms with Gasteiger partial charge in [-0.2, -0.15) is 0 Å². The highest BCUT2D eigenvalue weighted by molar-refractivity contribution is 7.22. The molecule has 4 aromatic rings. The number of amides is 5. The third kappa shape index (κ3) is 15.6. The van der Waals surface area contributed by atoms with Gasteiger partial charge in [-0.25, -0.2) is 20.1 Å². The van der Waals surface area contributed by atoms with E-state index in [1.807, 2.05) is 107 Å². The molecular formula is C42H56N6O9S. The van der Waals surface area contributed by atoms with Crippen LogP contribution in [0.25, 0.3) is 10.2 Å². The number of hydroxylamine groups is 1. The van der Waals surface area contributed by atoms with Crippen molar-refractivity contribution in [2.24, 2.45) is 0 Å². The number of urea groups is 1. The molecule has 0 saturated heterocycles. The van der Waals surface area contributed by atoms with Crippen molar-refractivity contribution in [2.45, 2.75) is 98.4 Å². The number of benzene rings is 3. The molecule has 0 fully saturated rings. The maximum atomic E-state index is 14.8. The maximum absolute atomic E-state index is 14.8. The number of para-hydroxylation sites is 1. The lowest BCUT2D eigenvalue weighted by Crippen LogP contribution is -2.52. The van der Waals surface area contributed by atoms with Crippen LogP contribution in [-0.2, 0) is 48.1 Å². The average Bonchev–Trinajstić information content (AvgIpc) is 3.56. The number of carbonyl (C=O) groups excluding carboxylic acids is 4. The van der Waals surface area contributed by atoms with Crippen molar-refractivity contribution in [2.75, 3.05) is 31.7 Å². The van der Waals surface area contributed by atoms with Gasteiger partial charge in [-0.15, -0.1) is 0 Å². The van der Waals surface area contributed by atoms with Gasteiger partial charge in [0, 0.05) is 32.7 Å². The van der Waals surface area contributed by atoms with E-state index in [1.165, 1.54) is 11.3 Å². The van der Waals surface area contributed by atoms with Crippen LogP contribution in [0.3, 0.4) is 0 Å². The summed E-state index contributed by atoms with van der Waals surface area (Å²) in [6, 6.07) is 20.5. The fraction of sp³-hybridized carbons (Fsp3) is 0.452. The molecule has 4 rings (SSSR count). The Morgan fingerprint density at radius 1 is 0.828 bits per heavy atom. The Morgan fingerprint density at radius 2 is 1.52 bits per heavy atom. The van der Waals surface area contributed by atoms with Gasteiger partial charge in [0.2, 0.25) is 11.8 Å². The number of nitrogens with zero attached hydrogens (tertiary/aromatic N) is 2. The summed E-state index contributed by atoms with van der Waals surface area (Å²) in [4.78, 5) is 64.5. The highest BCUT2D eigenvalue weighted by Crippen LogP contribution is 2.30. The van der Waals surface area contributed by atoms with E-state index in [-0.39, 0.29) is 26.1 Å². The molecule has 0 aliphatic heterocycles. The zero-order chi connectivity index (χ0) is 42.3. The Kier molecular flexibility index (Phi) is 16.8. The zero-order valence-corrected chi connectivity index (χ0v) is 35.3. The molecule has 1 aromatic heterocycles. The van der Waals surface area contributed by atoms with Crippen LogP contribution in [0, 0.1) is 0 Å². The van der Waals surface area contributed by atoms with E-state index < -0.39 is 54.1 Å². The number of rotatable bonds is 19. The smallest absolute Gasteiger partial charge is 0.413 e. The Balaban J connectivity index is 1.59. The predicted octanol–water partition coefficient (Wildman–Crippen LogP) is 6.71. The van der Waals surface area contributed by atoms with Crippen LogP contribution in [-0.4, -0.2) is 83.7 Å². The minimum Gasteiger partial charge on any atom is -0.488 e. The number of nitrogens with one attached hydrogen (secondary N) is 4. The fourth-order valence-electron chi connectivity index (χ4n) is 5.64. The van der Waals surface area contributed by atoms with Crippen molar-refractivity contribution in [1.82, 2.24) is 26.0 Å². The molecule has 0 unspecified atom stereocenters. The summed E-state index contributed by atoms with van der Waals surface area (Å²) in [5.74, 6) is -0.413. The van der Waals surface area contributed by atoms with Crippen molar-refractivity contribution >= 4 is 50.6 Å². The number of hydrogen-bond acceptors (Lipinski definition) is 11. The molecule has 0 bridgehead atoms. The van der Waals surface area contributed by atoms with Crippen molar-refractivity contribution < 1.29 is 43.0 Å². The average molecular weight is 821 g/mol. The quantitative estimate of drug-likeness (QED) is 0.0587. The normalized spacial score (nSPS) is 12.2. The van der Waals surface area contributed by atoms with E-state index in [0.717, 1.165) is 15.8 Å². The van der Waals surface area contributed by atoms with Crippen molar-refractivity contribution in [3.8, 4) is 5.75 Å². The molecular weight excluding hydrogens is 765 g/mol.